The number of nitrogens with zero attached hydrogens (tertiary/aromatic N) is 2. The number of anilines is 1. The molecule has 1 aromatic carbocycles. The van der Waals surface area contributed by atoms with Crippen LogP contribution in [0.5, 0.6) is 5.75 Å². The quantitative estimate of drug-likeness (QED) is 0.767. The second-order valence-electron chi connectivity index (χ2n) is 4.59. The van der Waals surface area contributed by atoms with Crippen LogP contribution in [0.15, 0.2) is 21.4 Å². The first-order valence-corrected chi connectivity index (χ1v) is 8.44. The molecule has 0 aliphatic heterocycles. The van der Waals surface area contributed by atoms with E-state index in [1.54, 1.807) is 0 Å². The summed E-state index contributed by atoms with van der Waals surface area (Å²) in [5.74, 6) is -1.94. The third kappa shape index (κ3) is 4.42. The fourth-order valence-corrected chi connectivity index (χ4v) is 3.25. The Morgan fingerprint density at radius 1 is 1.31 bits per heavy atom. The zero-order valence-electron chi connectivity index (χ0n) is 13.0. The molecule has 0 atom stereocenters. The van der Waals surface area contributed by atoms with Crippen LogP contribution in [0.2, 0.25) is 5.02 Å². The molecule has 1 amide bonds. The molecule has 0 spiro atoms. The molecule has 2 rings (SSSR count). The highest BCUT2D eigenvalue weighted by Gasteiger charge is 2.36. The average Bonchev–Trinajstić information content (AvgIpc) is 2.90. The van der Waals surface area contributed by atoms with Gasteiger partial charge in [0.15, 0.2) is 5.75 Å². The number of ether oxygens (including phenoxy) is 1. The SMILES string of the molecule is CNS(=O)(=O)c1c(OC(F)(F)F)ccc(C(=O)Nc2nnc(C)o2)c1Cl. The van der Waals surface area contributed by atoms with Gasteiger partial charge >= 0.3 is 12.4 Å². The molecule has 142 valence electrons. The lowest BCUT2D eigenvalue weighted by Crippen LogP contribution is -2.24. The number of carbonyl (C=O) groups excluding carboxylic acids is 1. The summed E-state index contributed by atoms with van der Waals surface area (Å²) < 4.78 is 72.0. The molecule has 0 saturated heterocycles. The van der Waals surface area contributed by atoms with E-state index in [0.29, 0.717) is 6.07 Å². The summed E-state index contributed by atoms with van der Waals surface area (Å²) in [6.45, 7) is 1.45. The lowest BCUT2D eigenvalue weighted by Gasteiger charge is -2.16. The van der Waals surface area contributed by atoms with Crippen LogP contribution in [-0.4, -0.2) is 37.9 Å². The molecule has 2 aromatic rings. The minimum absolute atomic E-state index is 0.138. The van der Waals surface area contributed by atoms with Gasteiger partial charge in [-0.2, -0.15) is 0 Å². The summed E-state index contributed by atoms with van der Waals surface area (Å²) >= 11 is 5.88. The second kappa shape index (κ2) is 7.09. The molecular weight excluding hydrogens is 405 g/mol. The standard InChI is InChI=1S/C12H10ClF3N4O5S/c1-5-19-20-11(24-5)18-10(21)6-3-4-7(25-12(14,15)16)9(8(6)13)26(22,23)17-2/h3-4,17H,1-2H3,(H,18,20,21). The summed E-state index contributed by atoms with van der Waals surface area (Å²) in [6, 6.07) is 1.20. The van der Waals surface area contributed by atoms with Crippen LogP contribution in [0, 0.1) is 6.92 Å². The number of alkyl halides is 3. The maximum atomic E-state index is 12.5. The Bertz CT molecular complexity index is 945. The highest BCUT2D eigenvalue weighted by atomic mass is 35.5. The first-order valence-electron chi connectivity index (χ1n) is 6.58. The molecule has 9 nitrogen and oxygen atoms in total. The summed E-state index contributed by atoms with van der Waals surface area (Å²) in [4.78, 5) is 11.2. The van der Waals surface area contributed by atoms with E-state index in [1.165, 1.54) is 6.92 Å². The Balaban J connectivity index is 2.52. The molecule has 0 radical (unpaired) electrons. The lowest BCUT2D eigenvalue weighted by atomic mass is 10.2. The van der Waals surface area contributed by atoms with Crippen LogP contribution < -0.4 is 14.8 Å². The van der Waals surface area contributed by atoms with Gasteiger partial charge in [0.25, 0.3) is 5.91 Å². The predicted octanol–water partition coefficient (Wildman–Crippen LogP) is 2.09. The number of nitrogens with one attached hydrogen (secondary N) is 2. The van der Waals surface area contributed by atoms with Crippen LogP contribution >= 0.6 is 11.6 Å². The van der Waals surface area contributed by atoms with Gasteiger partial charge in [-0.15, -0.1) is 18.3 Å². The van der Waals surface area contributed by atoms with Crippen LogP contribution in [0.3, 0.4) is 0 Å². The van der Waals surface area contributed by atoms with Gasteiger partial charge in [-0.05, 0) is 19.2 Å². The summed E-state index contributed by atoms with van der Waals surface area (Å²) in [6.07, 6.45) is -5.17. The Morgan fingerprint density at radius 2 is 1.96 bits per heavy atom. The van der Waals surface area contributed by atoms with Crippen molar-refractivity contribution in [2.45, 2.75) is 18.2 Å². The Hall–Kier alpha value is -2.38. The third-order valence-electron chi connectivity index (χ3n) is 2.82. The van der Waals surface area contributed by atoms with Gasteiger partial charge in [0.2, 0.25) is 15.9 Å². The van der Waals surface area contributed by atoms with E-state index >= 15 is 0 Å². The smallest absolute Gasteiger partial charge is 0.408 e. The van der Waals surface area contributed by atoms with E-state index in [9.17, 15) is 26.4 Å². The van der Waals surface area contributed by atoms with Gasteiger partial charge in [-0.3, -0.25) is 10.1 Å². The van der Waals surface area contributed by atoms with Gasteiger partial charge in [0.1, 0.15) is 4.90 Å². The Labute approximate surface area is 149 Å². The zero-order valence-corrected chi connectivity index (χ0v) is 14.6. The maximum Gasteiger partial charge on any atom is 0.573 e. The zero-order chi connectivity index (χ0) is 19.7. The predicted molar refractivity (Wildman–Crippen MR) is 81.4 cm³/mol. The average molecular weight is 415 g/mol. The maximum absolute atomic E-state index is 12.5. The van der Waals surface area contributed by atoms with Crippen molar-refractivity contribution in [3.05, 3.63) is 28.6 Å². The minimum Gasteiger partial charge on any atom is -0.408 e. The number of rotatable bonds is 5. The summed E-state index contributed by atoms with van der Waals surface area (Å²) in [5, 5.41) is 8.32. The fourth-order valence-electron chi connectivity index (χ4n) is 1.78. The number of aryl methyl sites for hydroxylation is 1. The number of halogens is 4. The molecule has 0 unspecified atom stereocenters. The summed E-state index contributed by atoms with van der Waals surface area (Å²) in [7, 11) is -3.54. The van der Waals surface area contributed by atoms with E-state index in [4.69, 9.17) is 16.0 Å². The van der Waals surface area contributed by atoms with Crippen molar-refractivity contribution in [3.8, 4) is 5.75 Å². The minimum atomic E-state index is -5.17. The molecule has 1 aromatic heterocycles. The van der Waals surface area contributed by atoms with Crippen molar-refractivity contribution >= 4 is 33.5 Å². The third-order valence-corrected chi connectivity index (χ3v) is 4.80. The Kier molecular flexibility index (Phi) is 5.44. The van der Waals surface area contributed by atoms with Crippen molar-refractivity contribution in [1.29, 1.82) is 0 Å². The van der Waals surface area contributed by atoms with Gasteiger partial charge in [0.05, 0.1) is 10.6 Å². The number of carbonyl (C=O) groups is 1. The largest absolute Gasteiger partial charge is 0.573 e. The topological polar surface area (TPSA) is 123 Å². The van der Waals surface area contributed by atoms with Gasteiger partial charge in [-0.25, -0.2) is 13.1 Å². The first kappa shape index (κ1) is 19.9. The van der Waals surface area contributed by atoms with Crippen molar-refractivity contribution in [1.82, 2.24) is 14.9 Å². The molecule has 2 N–H and O–H groups in total. The van der Waals surface area contributed by atoms with E-state index in [1.807, 2.05) is 4.72 Å². The Morgan fingerprint density at radius 3 is 2.46 bits per heavy atom. The molecule has 26 heavy (non-hydrogen) atoms. The molecule has 0 fully saturated rings. The van der Waals surface area contributed by atoms with Crippen molar-refractivity contribution in [3.63, 3.8) is 0 Å². The van der Waals surface area contributed by atoms with E-state index in [-0.39, 0.29) is 11.9 Å². The molecule has 14 heteroatoms. The highest BCUT2D eigenvalue weighted by molar-refractivity contribution is 7.89. The van der Waals surface area contributed by atoms with Crippen LogP contribution in [0.25, 0.3) is 0 Å². The highest BCUT2D eigenvalue weighted by Crippen LogP contribution is 2.37. The lowest BCUT2D eigenvalue weighted by molar-refractivity contribution is -0.275. The van der Waals surface area contributed by atoms with Crippen LogP contribution in [-0.2, 0) is 10.0 Å². The molecule has 1 heterocycles. The molecular formula is C12H10ClF3N4O5S. The molecule has 0 saturated carbocycles. The van der Waals surface area contributed by atoms with Crippen LogP contribution in [0.1, 0.15) is 16.2 Å². The van der Waals surface area contributed by atoms with Gasteiger partial charge < -0.3 is 9.15 Å². The fraction of sp³-hybridized carbons (Fsp3) is 0.250. The second-order valence-corrected chi connectivity index (χ2v) is 6.79. The number of hydrogen-bond acceptors (Lipinski definition) is 7. The van der Waals surface area contributed by atoms with E-state index in [2.05, 4.69) is 20.3 Å². The number of amides is 1. The molecule has 0 bridgehead atoms. The molecule has 0 aliphatic rings. The van der Waals surface area contributed by atoms with Gasteiger partial charge in [-0.1, -0.05) is 16.7 Å². The van der Waals surface area contributed by atoms with Crippen molar-refractivity contribution in [2.24, 2.45) is 0 Å². The van der Waals surface area contributed by atoms with E-state index in [0.717, 1.165) is 13.1 Å². The number of benzene rings is 1. The number of aromatic nitrogens is 2. The van der Waals surface area contributed by atoms with E-state index < -0.39 is 43.5 Å². The number of hydrogen-bond donors (Lipinski definition) is 2. The van der Waals surface area contributed by atoms with Crippen molar-refractivity contribution in [2.75, 3.05) is 12.4 Å². The molecule has 0 aliphatic carbocycles. The normalized spacial score (nSPS) is 12.1. The van der Waals surface area contributed by atoms with Gasteiger partial charge in [0, 0.05) is 6.92 Å². The monoisotopic (exact) mass is 414 g/mol. The van der Waals surface area contributed by atoms with Crippen molar-refractivity contribution < 1.29 is 35.5 Å². The first-order chi connectivity index (χ1) is 11.9. The summed E-state index contributed by atoms with van der Waals surface area (Å²) in [5.41, 5.74) is -0.453. The number of sulfonamides is 1. The van der Waals surface area contributed by atoms with Crippen LogP contribution in [0.4, 0.5) is 19.2 Å².